The van der Waals surface area contributed by atoms with Crippen LogP contribution in [-0.2, 0) is 0 Å². The Labute approximate surface area is 220 Å². The highest BCUT2D eigenvalue weighted by Gasteiger charge is 2.13. The Kier molecular flexibility index (Phi) is 5.41. The monoisotopic (exact) mass is 486 g/mol. The highest BCUT2D eigenvalue weighted by atomic mass is 15.0. The van der Waals surface area contributed by atoms with Crippen LogP contribution in [0.25, 0.3) is 67.0 Å². The Hall–Kier alpha value is -5.22. The first-order valence-electron chi connectivity index (χ1n) is 12.6. The van der Waals surface area contributed by atoms with E-state index >= 15 is 0 Å². The number of rotatable bonds is 4. The molecule has 38 heavy (non-hydrogen) atoms. The topological polar surface area (TPSA) is 51.6 Å². The molecule has 4 heteroatoms. The van der Waals surface area contributed by atoms with Gasteiger partial charge in [-0.2, -0.15) is 0 Å². The minimum Gasteiger partial charge on any atom is -0.256 e. The number of aromatic nitrogens is 4. The molecular weight excluding hydrogens is 464 g/mol. The lowest BCUT2D eigenvalue weighted by Crippen LogP contribution is -2.00. The Bertz CT molecular complexity index is 1810. The van der Waals surface area contributed by atoms with Gasteiger partial charge in [0.25, 0.3) is 0 Å². The summed E-state index contributed by atoms with van der Waals surface area (Å²) in [4.78, 5) is 19.3. The van der Waals surface area contributed by atoms with Crippen LogP contribution in [0, 0.1) is 0 Å². The number of fused-ring (bicyclic) bond motifs is 2. The Morgan fingerprint density at radius 2 is 0.789 bits per heavy atom. The van der Waals surface area contributed by atoms with Crippen molar-refractivity contribution in [1.29, 1.82) is 0 Å². The lowest BCUT2D eigenvalue weighted by Gasteiger charge is -2.10. The van der Waals surface area contributed by atoms with Crippen LogP contribution in [0.1, 0.15) is 0 Å². The largest absolute Gasteiger partial charge is 0.256 e. The van der Waals surface area contributed by atoms with Gasteiger partial charge in [0.2, 0.25) is 0 Å². The van der Waals surface area contributed by atoms with Crippen LogP contribution < -0.4 is 0 Å². The third-order valence-electron chi connectivity index (χ3n) is 6.75. The van der Waals surface area contributed by atoms with Crippen LogP contribution in [0.15, 0.2) is 134 Å². The number of pyridine rings is 1. The van der Waals surface area contributed by atoms with Crippen LogP contribution in [0.4, 0.5) is 0 Å². The predicted octanol–water partition coefficient (Wildman–Crippen LogP) is 8.24. The molecule has 0 amide bonds. The van der Waals surface area contributed by atoms with E-state index in [2.05, 4.69) is 102 Å². The van der Waals surface area contributed by atoms with Gasteiger partial charge in [0.05, 0.1) is 5.69 Å². The molecule has 178 valence electrons. The van der Waals surface area contributed by atoms with Crippen molar-refractivity contribution < 1.29 is 0 Å². The van der Waals surface area contributed by atoms with Gasteiger partial charge >= 0.3 is 0 Å². The number of nitrogens with zero attached hydrogens (tertiary/aromatic N) is 4. The quantitative estimate of drug-likeness (QED) is 0.251. The average molecular weight is 487 g/mol. The van der Waals surface area contributed by atoms with Gasteiger partial charge in [-0.25, -0.2) is 15.0 Å². The fraction of sp³-hybridized carbons (Fsp3) is 0. The summed E-state index contributed by atoms with van der Waals surface area (Å²) in [6.45, 7) is 0. The fourth-order valence-corrected chi connectivity index (χ4v) is 4.74. The first kappa shape index (κ1) is 22.0. The van der Waals surface area contributed by atoms with Gasteiger partial charge in [-0.3, -0.25) is 4.98 Å². The summed E-state index contributed by atoms with van der Waals surface area (Å²) < 4.78 is 0. The third kappa shape index (κ3) is 4.18. The van der Waals surface area contributed by atoms with Crippen molar-refractivity contribution >= 4 is 21.5 Å². The zero-order chi connectivity index (χ0) is 25.3. The van der Waals surface area contributed by atoms with E-state index in [0.717, 1.165) is 38.7 Å². The van der Waals surface area contributed by atoms with E-state index in [1.165, 1.54) is 10.8 Å². The van der Waals surface area contributed by atoms with Crippen LogP contribution in [0.5, 0.6) is 0 Å². The predicted molar refractivity (Wildman–Crippen MR) is 154 cm³/mol. The van der Waals surface area contributed by atoms with Crippen molar-refractivity contribution in [3.63, 3.8) is 0 Å². The van der Waals surface area contributed by atoms with Crippen LogP contribution in [0.3, 0.4) is 0 Å². The molecule has 7 rings (SSSR count). The van der Waals surface area contributed by atoms with Crippen LogP contribution in [-0.4, -0.2) is 19.9 Å². The molecule has 0 aliphatic rings. The first-order valence-corrected chi connectivity index (χ1v) is 12.6. The normalized spacial score (nSPS) is 11.2. The Morgan fingerprint density at radius 3 is 1.32 bits per heavy atom. The van der Waals surface area contributed by atoms with Gasteiger partial charge in [0.15, 0.2) is 17.5 Å². The van der Waals surface area contributed by atoms with E-state index in [1.807, 2.05) is 30.3 Å². The maximum atomic E-state index is 4.95. The highest BCUT2D eigenvalue weighted by Crippen LogP contribution is 2.29. The van der Waals surface area contributed by atoms with E-state index in [0.29, 0.717) is 17.5 Å². The highest BCUT2D eigenvalue weighted by molar-refractivity contribution is 5.88. The van der Waals surface area contributed by atoms with Crippen molar-refractivity contribution in [2.45, 2.75) is 0 Å². The van der Waals surface area contributed by atoms with Crippen LogP contribution >= 0.6 is 0 Å². The molecule has 0 N–H and O–H groups in total. The van der Waals surface area contributed by atoms with Crippen molar-refractivity contribution in [3.8, 4) is 45.4 Å². The van der Waals surface area contributed by atoms with E-state index in [1.54, 1.807) is 6.20 Å². The molecule has 0 aliphatic carbocycles. The minimum absolute atomic E-state index is 0.638. The zero-order valence-corrected chi connectivity index (χ0v) is 20.5. The molecule has 0 bridgehead atoms. The first-order chi connectivity index (χ1) is 18.8. The summed E-state index contributed by atoms with van der Waals surface area (Å²) in [5.74, 6) is 1.94. The Balaban J connectivity index is 1.38. The maximum absolute atomic E-state index is 4.95. The van der Waals surface area contributed by atoms with Gasteiger partial charge in [0.1, 0.15) is 0 Å². The molecule has 0 atom stereocenters. The summed E-state index contributed by atoms with van der Waals surface area (Å²) in [7, 11) is 0. The fourth-order valence-electron chi connectivity index (χ4n) is 4.74. The molecular formula is C34H22N4. The third-order valence-corrected chi connectivity index (χ3v) is 6.75. The van der Waals surface area contributed by atoms with Crippen molar-refractivity contribution in [2.75, 3.05) is 0 Å². The molecule has 0 saturated carbocycles. The molecule has 0 unspecified atom stereocenters. The van der Waals surface area contributed by atoms with Gasteiger partial charge in [-0.1, -0.05) is 103 Å². The smallest absolute Gasteiger partial charge is 0.164 e. The maximum Gasteiger partial charge on any atom is 0.164 e. The van der Waals surface area contributed by atoms with Gasteiger partial charge in [0, 0.05) is 28.5 Å². The molecule has 7 aromatic rings. The molecule has 5 aromatic carbocycles. The molecule has 0 fully saturated rings. The van der Waals surface area contributed by atoms with E-state index in [9.17, 15) is 0 Å². The summed E-state index contributed by atoms with van der Waals surface area (Å²) in [5.41, 5.74) is 4.83. The van der Waals surface area contributed by atoms with Crippen molar-refractivity contribution in [2.24, 2.45) is 0 Å². The average Bonchev–Trinajstić information content (AvgIpc) is 3.01. The lowest BCUT2D eigenvalue weighted by atomic mass is 10.1. The number of benzene rings is 5. The van der Waals surface area contributed by atoms with E-state index in [4.69, 9.17) is 15.0 Å². The second-order valence-electron chi connectivity index (χ2n) is 9.22. The van der Waals surface area contributed by atoms with Gasteiger partial charge < -0.3 is 0 Å². The second-order valence-corrected chi connectivity index (χ2v) is 9.22. The molecule has 0 spiro atoms. The van der Waals surface area contributed by atoms with E-state index in [-0.39, 0.29) is 0 Å². The standard InChI is InChI=1S/C34H22N4/c1-3-9-27-21-29(18-12-23(27)7-1)33-36-32(26-16-14-25(15-17-26)31-11-5-6-20-35-31)37-34(38-33)30-19-13-24-8-2-4-10-28(24)22-30/h1-22H. The van der Waals surface area contributed by atoms with E-state index < -0.39 is 0 Å². The number of hydrogen-bond acceptors (Lipinski definition) is 4. The molecule has 0 aliphatic heterocycles. The van der Waals surface area contributed by atoms with Crippen molar-refractivity contribution in [3.05, 3.63) is 134 Å². The van der Waals surface area contributed by atoms with Gasteiger partial charge in [-0.05, 0) is 45.8 Å². The molecule has 4 nitrogen and oxygen atoms in total. The lowest BCUT2D eigenvalue weighted by molar-refractivity contribution is 1.07. The molecule has 0 radical (unpaired) electrons. The van der Waals surface area contributed by atoms with Crippen LogP contribution in [0.2, 0.25) is 0 Å². The SMILES string of the molecule is c1ccc(-c2ccc(-c3nc(-c4ccc5ccccc5c4)nc(-c4ccc5ccccc5c4)n3)cc2)nc1. The summed E-state index contributed by atoms with van der Waals surface area (Å²) in [6.07, 6.45) is 1.81. The van der Waals surface area contributed by atoms with Crippen molar-refractivity contribution in [1.82, 2.24) is 19.9 Å². The zero-order valence-electron chi connectivity index (χ0n) is 20.5. The Morgan fingerprint density at radius 1 is 0.342 bits per heavy atom. The van der Waals surface area contributed by atoms with Gasteiger partial charge in [-0.15, -0.1) is 0 Å². The number of hydrogen-bond donors (Lipinski definition) is 0. The summed E-state index contributed by atoms with van der Waals surface area (Å²) >= 11 is 0. The summed E-state index contributed by atoms with van der Waals surface area (Å²) in [5, 5.41) is 4.67. The molecule has 0 saturated heterocycles. The molecule has 2 heterocycles. The minimum atomic E-state index is 0.638. The molecule has 2 aromatic heterocycles. The summed E-state index contributed by atoms with van der Waals surface area (Å²) in [6, 6.07) is 43.5. The second kappa shape index (κ2) is 9.34.